The summed E-state index contributed by atoms with van der Waals surface area (Å²) in [4.78, 5) is 8.35. The molecule has 2 N–H and O–H groups in total. The number of ether oxygens (including phenoxy) is 1. The van der Waals surface area contributed by atoms with E-state index in [9.17, 15) is 0 Å². The van der Waals surface area contributed by atoms with E-state index in [0.29, 0.717) is 10.8 Å². The summed E-state index contributed by atoms with van der Waals surface area (Å²) in [6.45, 7) is 1.94. The van der Waals surface area contributed by atoms with Crippen molar-refractivity contribution < 1.29 is 4.74 Å². The number of hydrogen-bond acceptors (Lipinski definition) is 5. The molecule has 5 nitrogen and oxygen atoms in total. The van der Waals surface area contributed by atoms with Crippen LogP contribution in [0.2, 0.25) is 5.02 Å². The minimum Gasteiger partial charge on any atom is -0.495 e. The molecular formula is C13H15ClN4O. The average Bonchev–Trinajstić information content (AvgIpc) is 2.41. The third kappa shape index (κ3) is 2.88. The zero-order valence-electron chi connectivity index (χ0n) is 11.0. The van der Waals surface area contributed by atoms with Gasteiger partial charge in [0.2, 0.25) is 0 Å². The van der Waals surface area contributed by atoms with Crippen LogP contribution < -0.4 is 15.4 Å². The van der Waals surface area contributed by atoms with Crippen LogP contribution >= 0.6 is 11.6 Å². The van der Waals surface area contributed by atoms with Crippen molar-refractivity contribution in [2.45, 2.75) is 6.92 Å². The van der Waals surface area contributed by atoms with Crippen LogP contribution in [-0.2, 0) is 0 Å². The molecule has 100 valence electrons. The van der Waals surface area contributed by atoms with Crippen molar-refractivity contribution in [3.63, 3.8) is 0 Å². The van der Waals surface area contributed by atoms with Gasteiger partial charge in [0.25, 0.3) is 0 Å². The number of methoxy groups -OCH3 is 1. The Morgan fingerprint density at radius 1 is 1.21 bits per heavy atom. The summed E-state index contributed by atoms with van der Waals surface area (Å²) < 4.78 is 5.12. The number of hydrogen-bond donors (Lipinski definition) is 2. The lowest BCUT2D eigenvalue weighted by molar-refractivity contribution is 0.415. The van der Waals surface area contributed by atoms with Crippen molar-refractivity contribution in [1.82, 2.24) is 9.97 Å². The Morgan fingerprint density at radius 3 is 2.58 bits per heavy atom. The number of rotatable bonds is 4. The van der Waals surface area contributed by atoms with E-state index in [2.05, 4.69) is 20.6 Å². The van der Waals surface area contributed by atoms with Crippen molar-refractivity contribution in [1.29, 1.82) is 0 Å². The SMILES string of the molecule is CNc1ncnc(Nc2ccc(OC)c(Cl)c2)c1C. The van der Waals surface area contributed by atoms with Gasteiger partial charge in [-0.05, 0) is 25.1 Å². The molecule has 1 heterocycles. The standard InChI is InChI=1S/C13H15ClN4O/c1-8-12(15-2)16-7-17-13(8)18-9-4-5-11(19-3)10(14)6-9/h4-7H,1-3H3,(H2,15,16,17,18). The Balaban J connectivity index is 2.29. The fourth-order valence-corrected chi connectivity index (χ4v) is 1.97. The van der Waals surface area contributed by atoms with E-state index in [4.69, 9.17) is 16.3 Å². The summed E-state index contributed by atoms with van der Waals surface area (Å²) in [6.07, 6.45) is 1.51. The predicted molar refractivity (Wildman–Crippen MR) is 77.6 cm³/mol. The van der Waals surface area contributed by atoms with E-state index >= 15 is 0 Å². The normalized spacial score (nSPS) is 10.1. The number of anilines is 3. The van der Waals surface area contributed by atoms with E-state index in [-0.39, 0.29) is 0 Å². The van der Waals surface area contributed by atoms with Gasteiger partial charge in [0, 0.05) is 18.3 Å². The van der Waals surface area contributed by atoms with E-state index in [1.807, 2.05) is 20.0 Å². The number of nitrogens with one attached hydrogen (secondary N) is 2. The third-order valence-electron chi connectivity index (χ3n) is 2.74. The summed E-state index contributed by atoms with van der Waals surface area (Å²) in [5.41, 5.74) is 1.78. The minimum atomic E-state index is 0.549. The van der Waals surface area contributed by atoms with Gasteiger partial charge in [-0.1, -0.05) is 11.6 Å². The van der Waals surface area contributed by atoms with Crippen molar-refractivity contribution in [2.75, 3.05) is 24.8 Å². The Kier molecular flexibility index (Phi) is 4.06. The van der Waals surface area contributed by atoms with Gasteiger partial charge in [-0.3, -0.25) is 0 Å². The first-order chi connectivity index (χ1) is 9.15. The molecule has 2 rings (SSSR count). The van der Waals surface area contributed by atoms with Crippen molar-refractivity contribution >= 4 is 28.9 Å². The molecule has 0 aliphatic heterocycles. The largest absolute Gasteiger partial charge is 0.495 e. The topological polar surface area (TPSA) is 59.1 Å². The van der Waals surface area contributed by atoms with Crippen molar-refractivity contribution in [3.8, 4) is 5.75 Å². The fourth-order valence-electron chi connectivity index (χ4n) is 1.71. The molecule has 0 atom stereocenters. The molecule has 0 aliphatic rings. The van der Waals surface area contributed by atoms with Gasteiger partial charge in [0.05, 0.1) is 12.1 Å². The summed E-state index contributed by atoms with van der Waals surface area (Å²) in [5.74, 6) is 2.17. The van der Waals surface area contributed by atoms with Crippen LogP contribution in [0.4, 0.5) is 17.3 Å². The van der Waals surface area contributed by atoms with Gasteiger partial charge in [0.15, 0.2) is 0 Å². The Morgan fingerprint density at radius 2 is 1.95 bits per heavy atom. The first kappa shape index (κ1) is 13.4. The van der Waals surface area contributed by atoms with Gasteiger partial charge in [0.1, 0.15) is 23.7 Å². The molecule has 0 fully saturated rings. The molecule has 0 bridgehead atoms. The number of aromatic nitrogens is 2. The third-order valence-corrected chi connectivity index (χ3v) is 3.03. The zero-order valence-corrected chi connectivity index (χ0v) is 11.7. The second-order valence-corrected chi connectivity index (χ2v) is 4.33. The monoisotopic (exact) mass is 278 g/mol. The molecule has 0 saturated carbocycles. The lowest BCUT2D eigenvalue weighted by atomic mass is 10.2. The minimum absolute atomic E-state index is 0.549. The summed E-state index contributed by atoms with van der Waals surface area (Å²) in [6, 6.07) is 5.48. The first-order valence-electron chi connectivity index (χ1n) is 5.75. The molecule has 0 amide bonds. The molecule has 19 heavy (non-hydrogen) atoms. The van der Waals surface area contributed by atoms with Gasteiger partial charge >= 0.3 is 0 Å². The molecule has 6 heteroatoms. The number of benzene rings is 1. The van der Waals surface area contributed by atoms with Gasteiger partial charge < -0.3 is 15.4 Å². The highest BCUT2D eigenvalue weighted by Gasteiger charge is 2.07. The smallest absolute Gasteiger partial charge is 0.138 e. The second kappa shape index (κ2) is 5.75. The summed E-state index contributed by atoms with van der Waals surface area (Å²) >= 11 is 6.08. The number of nitrogens with zero attached hydrogens (tertiary/aromatic N) is 2. The summed E-state index contributed by atoms with van der Waals surface area (Å²) in [5, 5.41) is 6.77. The maximum Gasteiger partial charge on any atom is 0.138 e. The zero-order chi connectivity index (χ0) is 13.8. The van der Waals surface area contributed by atoms with Crippen molar-refractivity contribution in [3.05, 3.63) is 35.1 Å². The van der Waals surface area contributed by atoms with E-state index in [0.717, 1.165) is 22.9 Å². The lowest BCUT2D eigenvalue weighted by Gasteiger charge is -2.12. The average molecular weight is 279 g/mol. The Hall–Kier alpha value is -2.01. The number of halogens is 1. The van der Waals surface area contributed by atoms with Crippen LogP contribution in [-0.4, -0.2) is 24.1 Å². The van der Waals surface area contributed by atoms with Crippen molar-refractivity contribution in [2.24, 2.45) is 0 Å². The van der Waals surface area contributed by atoms with E-state index in [1.54, 1.807) is 19.2 Å². The lowest BCUT2D eigenvalue weighted by Crippen LogP contribution is -2.02. The van der Waals surface area contributed by atoms with Crippen LogP contribution in [0, 0.1) is 6.92 Å². The molecule has 2 aromatic rings. The van der Waals surface area contributed by atoms with E-state index < -0.39 is 0 Å². The highest BCUT2D eigenvalue weighted by molar-refractivity contribution is 6.32. The second-order valence-electron chi connectivity index (χ2n) is 3.92. The van der Waals surface area contributed by atoms with Gasteiger partial charge in [-0.2, -0.15) is 0 Å². The van der Waals surface area contributed by atoms with Crippen LogP contribution in [0.25, 0.3) is 0 Å². The van der Waals surface area contributed by atoms with Crippen LogP contribution in [0.3, 0.4) is 0 Å². The maximum absolute atomic E-state index is 6.08. The molecule has 0 saturated heterocycles. The Labute approximate surface area is 117 Å². The van der Waals surface area contributed by atoms with Crippen LogP contribution in [0.1, 0.15) is 5.56 Å². The summed E-state index contributed by atoms with van der Waals surface area (Å²) in [7, 11) is 3.41. The molecule has 0 unspecified atom stereocenters. The molecule has 1 aromatic carbocycles. The van der Waals surface area contributed by atoms with Gasteiger partial charge in [-0.25, -0.2) is 9.97 Å². The predicted octanol–water partition coefficient (Wildman–Crippen LogP) is 3.23. The highest BCUT2D eigenvalue weighted by atomic mass is 35.5. The maximum atomic E-state index is 6.08. The molecule has 0 radical (unpaired) electrons. The fraction of sp³-hybridized carbons (Fsp3) is 0.231. The molecule has 1 aromatic heterocycles. The molecule has 0 spiro atoms. The molecular weight excluding hydrogens is 264 g/mol. The first-order valence-corrected chi connectivity index (χ1v) is 6.13. The Bertz CT molecular complexity index is 589. The van der Waals surface area contributed by atoms with Crippen LogP contribution in [0.5, 0.6) is 5.75 Å². The molecule has 0 aliphatic carbocycles. The van der Waals surface area contributed by atoms with E-state index in [1.165, 1.54) is 6.33 Å². The van der Waals surface area contributed by atoms with Crippen LogP contribution in [0.15, 0.2) is 24.5 Å². The highest BCUT2D eigenvalue weighted by Crippen LogP contribution is 2.29. The quantitative estimate of drug-likeness (QED) is 0.899. The van der Waals surface area contributed by atoms with Gasteiger partial charge in [-0.15, -0.1) is 0 Å².